The van der Waals surface area contributed by atoms with Crippen molar-refractivity contribution in [3.63, 3.8) is 0 Å². The van der Waals surface area contributed by atoms with Crippen molar-refractivity contribution in [3.8, 4) is 0 Å². The molecule has 4 saturated carbocycles. The molecule has 0 aromatic rings. The quantitative estimate of drug-likeness (QED) is 0.767. The molecule has 6 atom stereocenters. The third-order valence-electron chi connectivity index (χ3n) is 6.88. The number of nitrogens with one attached hydrogen (secondary N) is 1. The second-order valence-electron chi connectivity index (χ2n) is 9.51. The van der Waals surface area contributed by atoms with E-state index >= 15 is 0 Å². The number of aliphatic hydroxyl groups is 1. The Morgan fingerprint density at radius 2 is 1.77 bits per heavy atom. The molecule has 4 aliphatic carbocycles. The van der Waals surface area contributed by atoms with Gasteiger partial charge in [-0.25, -0.2) is 0 Å². The van der Waals surface area contributed by atoms with Crippen molar-refractivity contribution in [1.29, 1.82) is 0 Å². The van der Waals surface area contributed by atoms with Gasteiger partial charge in [-0.1, -0.05) is 13.8 Å². The molecule has 0 heterocycles. The first kappa shape index (κ1) is 17.1. The lowest BCUT2D eigenvalue weighted by atomic mass is 9.46. The highest BCUT2D eigenvalue weighted by atomic mass is 32.2. The highest BCUT2D eigenvalue weighted by Crippen LogP contribution is 2.62. The van der Waals surface area contributed by atoms with Crippen LogP contribution in [0.4, 0.5) is 0 Å². The van der Waals surface area contributed by atoms with Crippen molar-refractivity contribution in [2.24, 2.45) is 17.3 Å². The highest BCUT2D eigenvalue weighted by molar-refractivity contribution is 7.99. The first-order valence-corrected chi connectivity index (χ1v) is 10.4. The predicted octanol–water partition coefficient (Wildman–Crippen LogP) is 4.22. The smallest absolute Gasteiger partial charge is 0.0659 e. The van der Waals surface area contributed by atoms with Gasteiger partial charge in [-0.2, -0.15) is 11.8 Å². The van der Waals surface area contributed by atoms with E-state index in [0.717, 1.165) is 31.1 Å². The third-order valence-corrected chi connectivity index (χ3v) is 8.15. The van der Waals surface area contributed by atoms with Crippen molar-refractivity contribution in [2.45, 2.75) is 95.1 Å². The van der Waals surface area contributed by atoms with Crippen LogP contribution in [0.1, 0.15) is 72.6 Å². The summed E-state index contributed by atoms with van der Waals surface area (Å²) >= 11 is 1.96. The summed E-state index contributed by atoms with van der Waals surface area (Å²) in [6, 6.07) is 1.07. The molecular formula is C19H35NOS. The Labute approximate surface area is 141 Å². The summed E-state index contributed by atoms with van der Waals surface area (Å²) in [6.07, 6.45) is 10.7. The minimum absolute atomic E-state index is 0.332. The van der Waals surface area contributed by atoms with Crippen LogP contribution in [-0.4, -0.2) is 33.8 Å². The Hall–Kier alpha value is 0.270. The lowest BCUT2D eigenvalue weighted by molar-refractivity contribution is -0.172. The maximum atomic E-state index is 10.9. The molecular weight excluding hydrogens is 290 g/mol. The molecule has 22 heavy (non-hydrogen) atoms. The summed E-state index contributed by atoms with van der Waals surface area (Å²) in [4.78, 5) is 0. The van der Waals surface area contributed by atoms with Crippen LogP contribution in [-0.2, 0) is 0 Å². The molecule has 0 aromatic carbocycles. The third kappa shape index (κ3) is 3.23. The molecule has 0 aromatic heterocycles. The van der Waals surface area contributed by atoms with E-state index in [0.29, 0.717) is 22.2 Å². The van der Waals surface area contributed by atoms with Crippen LogP contribution in [0.5, 0.6) is 0 Å². The van der Waals surface area contributed by atoms with Gasteiger partial charge in [0, 0.05) is 16.8 Å². The predicted molar refractivity (Wildman–Crippen MR) is 96.3 cm³/mol. The van der Waals surface area contributed by atoms with Gasteiger partial charge in [0.2, 0.25) is 0 Å². The Balaban J connectivity index is 1.66. The van der Waals surface area contributed by atoms with E-state index in [4.69, 9.17) is 0 Å². The topological polar surface area (TPSA) is 32.3 Å². The molecule has 0 amide bonds. The van der Waals surface area contributed by atoms with E-state index in [1.807, 2.05) is 11.8 Å². The van der Waals surface area contributed by atoms with E-state index in [1.54, 1.807) is 0 Å². The maximum absolute atomic E-state index is 10.9. The molecule has 0 spiro atoms. The SMILES string of the molecule is CSC(C)(C)C[C@@H](C)N[C@@H](C)C12C[C@@H]3C[C@@H](CC(O)(C3)C1)C2. The molecule has 128 valence electrons. The Bertz CT molecular complexity index is 408. The summed E-state index contributed by atoms with van der Waals surface area (Å²) < 4.78 is 0.339. The van der Waals surface area contributed by atoms with Gasteiger partial charge < -0.3 is 10.4 Å². The second kappa shape index (κ2) is 5.67. The van der Waals surface area contributed by atoms with Gasteiger partial charge in [-0.3, -0.25) is 0 Å². The summed E-state index contributed by atoms with van der Waals surface area (Å²) in [5, 5.41) is 14.9. The zero-order valence-corrected chi connectivity index (χ0v) is 15.9. The van der Waals surface area contributed by atoms with Gasteiger partial charge in [0.25, 0.3) is 0 Å². The van der Waals surface area contributed by atoms with Crippen molar-refractivity contribution >= 4 is 11.8 Å². The molecule has 4 aliphatic rings. The second-order valence-corrected chi connectivity index (χ2v) is 11.0. The molecule has 2 unspecified atom stereocenters. The van der Waals surface area contributed by atoms with Gasteiger partial charge >= 0.3 is 0 Å². The first-order valence-electron chi connectivity index (χ1n) is 9.19. The fourth-order valence-corrected chi connectivity index (χ4v) is 6.69. The summed E-state index contributed by atoms with van der Waals surface area (Å²) in [5.41, 5.74) is 0.0262. The zero-order chi connectivity index (χ0) is 16.2. The number of rotatable bonds is 6. The minimum atomic E-state index is -0.332. The average Bonchev–Trinajstić information content (AvgIpc) is 2.34. The standard InChI is InChI=1S/C19H35NOS/c1-13(7-17(3,4)22-5)20-14(2)18-8-15-6-16(9-18)11-19(21,10-15)12-18/h13-16,20-21H,6-12H2,1-5H3/t13-,14+,15-,16+,18?,19?/m1/s1. The molecule has 3 heteroatoms. The van der Waals surface area contributed by atoms with Gasteiger partial charge in [0.1, 0.15) is 0 Å². The molecule has 2 N–H and O–H groups in total. The van der Waals surface area contributed by atoms with E-state index in [1.165, 1.54) is 25.7 Å². The van der Waals surface area contributed by atoms with Crippen molar-refractivity contribution < 1.29 is 5.11 Å². The van der Waals surface area contributed by atoms with Crippen molar-refractivity contribution in [1.82, 2.24) is 5.32 Å². The van der Waals surface area contributed by atoms with Crippen molar-refractivity contribution in [2.75, 3.05) is 6.26 Å². The molecule has 4 bridgehead atoms. The van der Waals surface area contributed by atoms with Gasteiger partial charge in [-0.15, -0.1) is 0 Å². The molecule has 0 aliphatic heterocycles. The normalized spacial score (nSPS) is 43.4. The number of hydrogen-bond donors (Lipinski definition) is 2. The van der Waals surface area contributed by atoms with Crippen molar-refractivity contribution in [3.05, 3.63) is 0 Å². The summed E-state index contributed by atoms with van der Waals surface area (Å²) in [7, 11) is 0. The van der Waals surface area contributed by atoms with Crippen LogP contribution in [0.3, 0.4) is 0 Å². The monoisotopic (exact) mass is 325 g/mol. The van der Waals surface area contributed by atoms with Gasteiger partial charge in [0.05, 0.1) is 5.60 Å². The fraction of sp³-hybridized carbons (Fsp3) is 1.00. The highest BCUT2D eigenvalue weighted by Gasteiger charge is 2.58. The molecule has 2 nitrogen and oxygen atoms in total. The van der Waals surface area contributed by atoms with E-state index in [2.05, 4.69) is 39.3 Å². The molecule has 0 radical (unpaired) electrons. The van der Waals surface area contributed by atoms with Gasteiger partial charge in [-0.05, 0) is 82.3 Å². The number of hydrogen-bond acceptors (Lipinski definition) is 3. The molecule has 0 saturated heterocycles. The Kier molecular flexibility index (Phi) is 4.41. The van der Waals surface area contributed by atoms with E-state index in [9.17, 15) is 5.11 Å². The summed E-state index contributed by atoms with van der Waals surface area (Å²) in [5.74, 6) is 1.57. The first-order chi connectivity index (χ1) is 10.2. The van der Waals surface area contributed by atoms with Crippen LogP contribution in [0, 0.1) is 17.3 Å². The van der Waals surface area contributed by atoms with Crippen LogP contribution in [0.25, 0.3) is 0 Å². The average molecular weight is 326 g/mol. The lowest BCUT2D eigenvalue weighted by Crippen LogP contribution is -2.62. The number of thioether (sulfide) groups is 1. The largest absolute Gasteiger partial charge is 0.390 e. The maximum Gasteiger partial charge on any atom is 0.0659 e. The van der Waals surface area contributed by atoms with E-state index < -0.39 is 0 Å². The van der Waals surface area contributed by atoms with Crippen LogP contribution < -0.4 is 5.32 Å². The molecule has 4 fully saturated rings. The molecule has 4 rings (SSSR count). The van der Waals surface area contributed by atoms with E-state index in [-0.39, 0.29) is 5.60 Å². The Morgan fingerprint density at radius 1 is 1.18 bits per heavy atom. The zero-order valence-electron chi connectivity index (χ0n) is 15.1. The lowest BCUT2D eigenvalue weighted by Gasteiger charge is -2.62. The fourth-order valence-electron chi connectivity index (χ4n) is 6.27. The van der Waals surface area contributed by atoms with Crippen LogP contribution in [0.15, 0.2) is 0 Å². The van der Waals surface area contributed by atoms with Gasteiger partial charge in [0.15, 0.2) is 0 Å². The Morgan fingerprint density at radius 3 is 2.27 bits per heavy atom. The summed E-state index contributed by atoms with van der Waals surface area (Å²) in [6.45, 7) is 9.41. The van der Waals surface area contributed by atoms with Crippen LogP contribution >= 0.6 is 11.8 Å². The van der Waals surface area contributed by atoms with Crippen LogP contribution in [0.2, 0.25) is 0 Å². The minimum Gasteiger partial charge on any atom is -0.390 e.